The zero-order chi connectivity index (χ0) is 17.8. The zero-order valence-electron chi connectivity index (χ0n) is 13.6. The quantitative estimate of drug-likeness (QED) is 0.662. The number of nitrogens with zero attached hydrogens (tertiary/aromatic N) is 4. The van der Waals surface area contributed by atoms with E-state index in [2.05, 4.69) is 20.8 Å². The largest absolute Gasteiger partial charge is 0.467 e. The van der Waals surface area contributed by atoms with Gasteiger partial charge in [-0.25, -0.2) is 4.68 Å². The molecule has 2 heterocycles. The van der Waals surface area contributed by atoms with Crippen LogP contribution in [0, 0.1) is 6.92 Å². The Hall–Kier alpha value is -2.32. The number of hydrogen-bond acceptors (Lipinski definition) is 6. The van der Waals surface area contributed by atoms with Crippen LogP contribution in [-0.4, -0.2) is 31.4 Å². The predicted octanol–water partition coefficient (Wildman–Crippen LogP) is 3.40. The van der Waals surface area contributed by atoms with E-state index in [0.717, 1.165) is 11.3 Å². The molecule has 1 unspecified atom stereocenters. The highest BCUT2D eigenvalue weighted by molar-refractivity contribution is 8.00. The molecule has 0 saturated carbocycles. The second-order valence-electron chi connectivity index (χ2n) is 5.41. The van der Waals surface area contributed by atoms with Crippen molar-refractivity contribution in [2.75, 3.05) is 5.32 Å². The summed E-state index contributed by atoms with van der Waals surface area (Å²) in [6.07, 6.45) is 1.59. The molecule has 2 aromatic heterocycles. The minimum Gasteiger partial charge on any atom is -0.467 e. The molecule has 0 spiro atoms. The number of carbonyl (C=O) groups is 1. The molecule has 0 aliphatic heterocycles. The van der Waals surface area contributed by atoms with Gasteiger partial charge in [-0.1, -0.05) is 29.4 Å². The molecular formula is C16H16ClN5O2S. The molecule has 3 aromatic rings. The van der Waals surface area contributed by atoms with Crippen molar-refractivity contribution in [3.05, 3.63) is 52.9 Å². The monoisotopic (exact) mass is 377 g/mol. The van der Waals surface area contributed by atoms with Gasteiger partial charge >= 0.3 is 0 Å². The minimum atomic E-state index is -0.389. The lowest BCUT2D eigenvalue weighted by atomic mass is 10.2. The van der Waals surface area contributed by atoms with E-state index in [9.17, 15) is 4.79 Å². The van der Waals surface area contributed by atoms with Gasteiger partial charge in [0.1, 0.15) is 12.3 Å². The summed E-state index contributed by atoms with van der Waals surface area (Å²) < 4.78 is 6.90. The van der Waals surface area contributed by atoms with Crippen molar-refractivity contribution in [1.82, 2.24) is 20.2 Å². The number of carbonyl (C=O) groups excluding carboxylic acids is 1. The smallest absolute Gasteiger partial charge is 0.237 e. The minimum absolute atomic E-state index is 0.150. The highest BCUT2D eigenvalue weighted by Crippen LogP contribution is 2.24. The Bertz CT molecular complexity index is 865. The average molecular weight is 378 g/mol. The molecule has 25 heavy (non-hydrogen) atoms. The molecule has 0 saturated heterocycles. The molecule has 0 aliphatic carbocycles. The Balaban J connectivity index is 1.66. The number of aromatic nitrogens is 4. The predicted molar refractivity (Wildman–Crippen MR) is 95.8 cm³/mol. The molecule has 1 amide bonds. The number of nitrogens with one attached hydrogen (secondary N) is 1. The highest BCUT2D eigenvalue weighted by Gasteiger charge is 2.19. The van der Waals surface area contributed by atoms with E-state index >= 15 is 0 Å². The average Bonchev–Trinajstić information content (AvgIpc) is 3.24. The number of tetrazole rings is 1. The summed E-state index contributed by atoms with van der Waals surface area (Å²) in [6.45, 7) is 4.11. The molecule has 9 heteroatoms. The third-order valence-corrected chi connectivity index (χ3v) is 4.80. The first kappa shape index (κ1) is 17.5. The molecule has 1 atom stereocenters. The maximum Gasteiger partial charge on any atom is 0.237 e. The lowest BCUT2D eigenvalue weighted by Gasteiger charge is -2.13. The number of thioether (sulfide) groups is 1. The van der Waals surface area contributed by atoms with Gasteiger partial charge in [-0.2, -0.15) is 0 Å². The van der Waals surface area contributed by atoms with E-state index in [1.807, 2.05) is 19.1 Å². The van der Waals surface area contributed by atoms with Crippen LogP contribution in [0.15, 0.2) is 46.2 Å². The van der Waals surface area contributed by atoms with Crippen molar-refractivity contribution >= 4 is 35.0 Å². The van der Waals surface area contributed by atoms with Crippen LogP contribution in [-0.2, 0) is 11.3 Å². The van der Waals surface area contributed by atoms with Crippen molar-refractivity contribution in [2.45, 2.75) is 30.8 Å². The molecule has 0 aliphatic rings. The van der Waals surface area contributed by atoms with Crippen molar-refractivity contribution in [2.24, 2.45) is 0 Å². The van der Waals surface area contributed by atoms with Crippen LogP contribution in [0.3, 0.4) is 0 Å². The summed E-state index contributed by atoms with van der Waals surface area (Å²) in [7, 11) is 0. The van der Waals surface area contributed by atoms with Crippen LogP contribution >= 0.6 is 23.4 Å². The first-order chi connectivity index (χ1) is 12.0. The third kappa shape index (κ3) is 4.40. The number of halogens is 1. The normalized spacial score (nSPS) is 12.1. The van der Waals surface area contributed by atoms with Crippen LogP contribution in [0.1, 0.15) is 18.2 Å². The summed E-state index contributed by atoms with van der Waals surface area (Å²) in [4.78, 5) is 12.5. The number of anilines is 1. The Morgan fingerprint density at radius 2 is 2.28 bits per heavy atom. The summed E-state index contributed by atoms with van der Waals surface area (Å²) in [6, 6.07) is 9.02. The maximum absolute atomic E-state index is 12.5. The summed E-state index contributed by atoms with van der Waals surface area (Å²) in [5.74, 6) is 0.587. The molecule has 3 rings (SSSR count). The SMILES string of the molecule is Cc1ccc(Cl)cc1NC(=O)C(C)Sc1nnnn1Cc1ccco1. The van der Waals surface area contributed by atoms with Gasteiger partial charge in [0, 0.05) is 10.7 Å². The molecule has 0 radical (unpaired) electrons. The second kappa shape index (κ2) is 7.71. The highest BCUT2D eigenvalue weighted by atomic mass is 35.5. The maximum atomic E-state index is 12.5. The summed E-state index contributed by atoms with van der Waals surface area (Å²) in [5, 5.41) is 15.2. The van der Waals surface area contributed by atoms with E-state index in [1.165, 1.54) is 11.8 Å². The molecule has 1 aromatic carbocycles. The van der Waals surface area contributed by atoms with Crippen molar-refractivity contribution in [3.8, 4) is 0 Å². The van der Waals surface area contributed by atoms with Gasteiger partial charge in [-0.05, 0) is 54.1 Å². The standard InChI is InChI=1S/C16H16ClN5O2S/c1-10-5-6-12(17)8-14(10)18-15(23)11(2)25-16-19-20-21-22(16)9-13-4-3-7-24-13/h3-8,11H,9H2,1-2H3,(H,18,23). The van der Waals surface area contributed by atoms with Gasteiger partial charge < -0.3 is 9.73 Å². The molecule has 130 valence electrons. The second-order valence-corrected chi connectivity index (χ2v) is 7.15. The van der Waals surface area contributed by atoms with E-state index in [0.29, 0.717) is 22.4 Å². The molecular weight excluding hydrogens is 362 g/mol. The van der Waals surface area contributed by atoms with Crippen LogP contribution in [0.25, 0.3) is 0 Å². The van der Waals surface area contributed by atoms with Gasteiger partial charge in [-0.15, -0.1) is 5.10 Å². The molecule has 0 bridgehead atoms. The van der Waals surface area contributed by atoms with E-state index in [4.69, 9.17) is 16.0 Å². The fourth-order valence-electron chi connectivity index (χ4n) is 2.11. The van der Waals surface area contributed by atoms with E-state index in [-0.39, 0.29) is 11.2 Å². The van der Waals surface area contributed by atoms with Gasteiger partial charge in [-0.3, -0.25) is 4.79 Å². The molecule has 7 nitrogen and oxygen atoms in total. The lowest BCUT2D eigenvalue weighted by Crippen LogP contribution is -2.23. The number of rotatable bonds is 6. The Kier molecular flexibility index (Phi) is 5.40. The first-order valence-corrected chi connectivity index (χ1v) is 8.81. The summed E-state index contributed by atoms with van der Waals surface area (Å²) in [5.41, 5.74) is 1.64. The third-order valence-electron chi connectivity index (χ3n) is 3.49. The van der Waals surface area contributed by atoms with Crippen LogP contribution in [0.2, 0.25) is 5.02 Å². The topological polar surface area (TPSA) is 85.8 Å². The van der Waals surface area contributed by atoms with Gasteiger partial charge in [0.2, 0.25) is 11.1 Å². The Labute approximate surface area is 153 Å². The number of benzene rings is 1. The van der Waals surface area contributed by atoms with E-state index in [1.54, 1.807) is 36.1 Å². The van der Waals surface area contributed by atoms with Crippen LogP contribution < -0.4 is 5.32 Å². The zero-order valence-corrected chi connectivity index (χ0v) is 15.2. The molecule has 1 N–H and O–H groups in total. The van der Waals surface area contributed by atoms with Gasteiger partial charge in [0.25, 0.3) is 0 Å². The molecule has 0 fully saturated rings. The van der Waals surface area contributed by atoms with Crippen molar-refractivity contribution in [1.29, 1.82) is 0 Å². The van der Waals surface area contributed by atoms with Gasteiger partial charge in [0.05, 0.1) is 11.5 Å². The van der Waals surface area contributed by atoms with Crippen LogP contribution in [0.5, 0.6) is 0 Å². The number of amides is 1. The van der Waals surface area contributed by atoms with Crippen LogP contribution in [0.4, 0.5) is 5.69 Å². The van der Waals surface area contributed by atoms with Gasteiger partial charge in [0.15, 0.2) is 0 Å². The first-order valence-electron chi connectivity index (χ1n) is 7.55. The fraction of sp³-hybridized carbons (Fsp3) is 0.250. The lowest BCUT2D eigenvalue weighted by molar-refractivity contribution is -0.115. The Morgan fingerprint density at radius 3 is 3.04 bits per heavy atom. The number of furan rings is 1. The summed E-state index contributed by atoms with van der Waals surface area (Å²) >= 11 is 7.26. The van der Waals surface area contributed by atoms with E-state index < -0.39 is 0 Å². The number of hydrogen-bond donors (Lipinski definition) is 1. The fourth-order valence-corrected chi connectivity index (χ4v) is 3.07. The van der Waals surface area contributed by atoms with Crippen molar-refractivity contribution in [3.63, 3.8) is 0 Å². The number of aryl methyl sites for hydroxylation is 1. The Morgan fingerprint density at radius 1 is 1.44 bits per heavy atom. The van der Waals surface area contributed by atoms with Crippen molar-refractivity contribution < 1.29 is 9.21 Å².